The summed E-state index contributed by atoms with van der Waals surface area (Å²) in [6.45, 7) is 4.46. The van der Waals surface area contributed by atoms with Crippen LogP contribution in [0.3, 0.4) is 0 Å². The summed E-state index contributed by atoms with van der Waals surface area (Å²) in [5.41, 5.74) is 1.20. The fourth-order valence-corrected chi connectivity index (χ4v) is 2.63. The molecule has 2 atom stereocenters. The van der Waals surface area contributed by atoms with Gasteiger partial charge in [-0.3, -0.25) is 0 Å². The van der Waals surface area contributed by atoms with Gasteiger partial charge in [0.2, 0.25) is 0 Å². The quantitative estimate of drug-likeness (QED) is 0.730. The molecular weight excluding hydrogens is 210 g/mol. The smallest absolute Gasteiger partial charge is 0.143 e. The van der Waals surface area contributed by atoms with Gasteiger partial charge in [0.1, 0.15) is 11.9 Å². The van der Waals surface area contributed by atoms with E-state index < -0.39 is 0 Å². The lowest BCUT2D eigenvalue weighted by molar-refractivity contribution is 0.207. The Morgan fingerprint density at radius 1 is 1.12 bits per heavy atom. The second-order valence-corrected chi connectivity index (χ2v) is 4.81. The van der Waals surface area contributed by atoms with Gasteiger partial charge in [-0.2, -0.15) is 0 Å². The number of anilines is 1. The minimum absolute atomic E-state index is 0.136. The first kappa shape index (κ1) is 10.5. The number of ether oxygens (including phenoxy) is 1. The van der Waals surface area contributed by atoms with Gasteiger partial charge in [0.25, 0.3) is 0 Å². The third kappa shape index (κ3) is 1.64. The van der Waals surface area contributed by atoms with Crippen LogP contribution in [0.15, 0.2) is 48.6 Å². The number of nitrogens with zero attached hydrogens (tertiary/aromatic N) is 1. The zero-order valence-corrected chi connectivity index (χ0v) is 10.2. The van der Waals surface area contributed by atoms with Gasteiger partial charge in [-0.25, -0.2) is 0 Å². The SMILES string of the molecule is CC(C)N1c2ccccc2OC2C=CC=CC21. The monoisotopic (exact) mass is 227 g/mol. The topological polar surface area (TPSA) is 12.5 Å². The van der Waals surface area contributed by atoms with Crippen LogP contribution in [0.4, 0.5) is 5.69 Å². The molecular formula is C15H17NO. The highest BCUT2D eigenvalue weighted by molar-refractivity contribution is 5.63. The van der Waals surface area contributed by atoms with Crippen molar-refractivity contribution in [2.75, 3.05) is 4.90 Å². The van der Waals surface area contributed by atoms with Gasteiger partial charge in [0, 0.05) is 6.04 Å². The third-order valence-electron chi connectivity index (χ3n) is 3.34. The molecule has 88 valence electrons. The Bertz CT molecular complexity index is 476. The highest BCUT2D eigenvalue weighted by Gasteiger charge is 2.34. The Hall–Kier alpha value is -1.70. The number of hydrogen-bond donors (Lipinski definition) is 0. The summed E-state index contributed by atoms with van der Waals surface area (Å²) in [4.78, 5) is 2.43. The molecule has 0 N–H and O–H groups in total. The van der Waals surface area contributed by atoms with Crippen LogP contribution in [0.25, 0.3) is 0 Å². The summed E-state index contributed by atoms with van der Waals surface area (Å²) >= 11 is 0. The van der Waals surface area contributed by atoms with E-state index in [4.69, 9.17) is 4.74 Å². The first-order valence-electron chi connectivity index (χ1n) is 6.16. The molecule has 0 amide bonds. The van der Waals surface area contributed by atoms with Crippen LogP contribution in [0.5, 0.6) is 5.75 Å². The zero-order chi connectivity index (χ0) is 11.8. The molecule has 2 heteroatoms. The van der Waals surface area contributed by atoms with Crippen molar-refractivity contribution in [2.45, 2.75) is 32.0 Å². The van der Waals surface area contributed by atoms with Crippen molar-refractivity contribution < 1.29 is 4.74 Å². The molecule has 2 unspecified atom stereocenters. The summed E-state index contributed by atoms with van der Waals surface area (Å²) < 4.78 is 6.04. The van der Waals surface area contributed by atoms with Crippen LogP contribution < -0.4 is 9.64 Å². The van der Waals surface area contributed by atoms with Gasteiger partial charge >= 0.3 is 0 Å². The second kappa shape index (κ2) is 3.95. The van der Waals surface area contributed by atoms with Crippen LogP contribution in [0, 0.1) is 0 Å². The second-order valence-electron chi connectivity index (χ2n) is 4.81. The van der Waals surface area contributed by atoms with Crippen LogP contribution in [-0.2, 0) is 0 Å². The van der Waals surface area contributed by atoms with Crippen molar-refractivity contribution >= 4 is 5.69 Å². The lowest BCUT2D eigenvalue weighted by Crippen LogP contribution is -2.51. The number of benzene rings is 1. The molecule has 2 aliphatic rings. The summed E-state index contributed by atoms with van der Waals surface area (Å²) in [5, 5.41) is 0. The summed E-state index contributed by atoms with van der Waals surface area (Å²) in [5.74, 6) is 0.988. The van der Waals surface area contributed by atoms with Crippen molar-refractivity contribution in [1.29, 1.82) is 0 Å². The highest BCUT2D eigenvalue weighted by Crippen LogP contribution is 2.38. The Balaban J connectivity index is 2.09. The number of fused-ring (bicyclic) bond motifs is 2. The molecule has 17 heavy (non-hydrogen) atoms. The fourth-order valence-electron chi connectivity index (χ4n) is 2.63. The predicted molar refractivity (Wildman–Crippen MR) is 70.5 cm³/mol. The van der Waals surface area contributed by atoms with Gasteiger partial charge in [-0.15, -0.1) is 0 Å². The van der Waals surface area contributed by atoms with E-state index in [0.29, 0.717) is 12.1 Å². The molecule has 1 heterocycles. The lowest BCUT2D eigenvalue weighted by Gasteiger charge is -2.44. The van der Waals surface area contributed by atoms with Gasteiger partial charge in [-0.1, -0.05) is 30.4 Å². The molecule has 0 bridgehead atoms. The molecule has 3 rings (SSSR count). The number of para-hydroxylation sites is 2. The van der Waals surface area contributed by atoms with E-state index in [0.717, 1.165) is 5.75 Å². The van der Waals surface area contributed by atoms with Crippen LogP contribution in [-0.4, -0.2) is 18.2 Å². The summed E-state index contributed by atoms with van der Waals surface area (Å²) in [6, 6.07) is 9.06. The maximum absolute atomic E-state index is 6.04. The van der Waals surface area contributed by atoms with E-state index in [1.54, 1.807) is 0 Å². The van der Waals surface area contributed by atoms with Crippen molar-refractivity contribution in [3.63, 3.8) is 0 Å². The average Bonchev–Trinajstić information content (AvgIpc) is 2.35. The number of rotatable bonds is 1. The minimum atomic E-state index is 0.136. The number of allylic oxidation sites excluding steroid dienone is 2. The fraction of sp³-hybridized carbons (Fsp3) is 0.333. The molecule has 0 fully saturated rings. The molecule has 0 radical (unpaired) electrons. The van der Waals surface area contributed by atoms with Crippen molar-refractivity contribution in [2.24, 2.45) is 0 Å². The molecule has 1 aromatic rings. The summed E-state index contributed by atoms with van der Waals surface area (Å²) in [7, 11) is 0. The van der Waals surface area contributed by atoms with E-state index in [9.17, 15) is 0 Å². The normalized spacial score (nSPS) is 25.5. The van der Waals surface area contributed by atoms with E-state index in [1.807, 2.05) is 12.1 Å². The van der Waals surface area contributed by atoms with Crippen LogP contribution >= 0.6 is 0 Å². The Morgan fingerprint density at radius 3 is 2.71 bits per heavy atom. The summed E-state index contributed by atoms with van der Waals surface area (Å²) in [6.07, 6.45) is 8.66. The van der Waals surface area contributed by atoms with E-state index in [2.05, 4.69) is 55.2 Å². The van der Waals surface area contributed by atoms with Gasteiger partial charge in [0.05, 0.1) is 11.7 Å². The third-order valence-corrected chi connectivity index (χ3v) is 3.34. The van der Waals surface area contributed by atoms with Crippen molar-refractivity contribution in [1.82, 2.24) is 0 Å². The van der Waals surface area contributed by atoms with E-state index in [-0.39, 0.29) is 6.10 Å². The van der Waals surface area contributed by atoms with Crippen LogP contribution in [0.2, 0.25) is 0 Å². The minimum Gasteiger partial charge on any atom is -0.482 e. The Morgan fingerprint density at radius 2 is 1.88 bits per heavy atom. The molecule has 0 saturated heterocycles. The maximum atomic E-state index is 6.04. The molecule has 1 aliphatic heterocycles. The Kier molecular flexibility index (Phi) is 2.43. The van der Waals surface area contributed by atoms with E-state index >= 15 is 0 Å². The maximum Gasteiger partial charge on any atom is 0.143 e. The number of hydrogen-bond acceptors (Lipinski definition) is 2. The highest BCUT2D eigenvalue weighted by atomic mass is 16.5. The van der Waals surface area contributed by atoms with Crippen LogP contribution in [0.1, 0.15) is 13.8 Å². The van der Waals surface area contributed by atoms with Gasteiger partial charge in [-0.05, 0) is 32.1 Å². The standard InChI is InChI=1S/C15H17NO/c1-11(2)16-12-7-3-5-9-14(12)17-15-10-6-4-8-13(15)16/h3-12,14H,1-2H3. The molecule has 0 saturated carbocycles. The Labute approximate surface area is 102 Å². The first-order chi connectivity index (χ1) is 8.27. The first-order valence-corrected chi connectivity index (χ1v) is 6.16. The van der Waals surface area contributed by atoms with Gasteiger partial charge < -0.3 is 9.64 Å². The molecule has 1 aliphatic carbocycles. The molecule has 1 aromatic carbocycles. The molecule has 2 nitrogen and oxygen atoms in total. The molecule has 0 spiro atoms. The van der Waals surface area contributed by atoms with Crippen molar-refractivity contribution in [3.05, 3.63) is 48.6 Å². The average molecular weight is 227 g/mol. The van der Waals surface area contributed by atoms with Crippen molar-refractivity contribution in [3.8, 4) is 5.75 Å². The van der Waals surface area contributed by atoms with E-state index in [1.165, 1.54) is 5.69 Å². The zero-order valence-electron chi connectivity index (χ0n) is 10.2. The largest absolute Gasteiger partial charge is 0.482 e. The van der Waals surface area contributed by atoms with Gasteiger partial charge in [0.15, 0.2) is 0 Å². The lowest BCUT2D eigenvalue weighted by atomic mass is 9.98. The molecule has 0 aromatic heterocycles. The predicted octanol–water partition coefficient (Wildman–Crippen LogP) is 3.16.